The van der Waals surface area contributed by atoms with E-state index in [4.69, 9.17) is 4.74 Å². The Kier molecular flexibility index (Phi) is 2.77. The third-order valence-electron chi connectivity index (χ3n) is 2.45. The van der Waals surface area contributed by atoms with Crippen LogP contribution in [-0.2, 0) is 0 Å². The summed E-state index contributed by atoms with van der Waals surface area (Å²) in [7, 11) is 1.93. The van der Waals surface area contributed by atoms with Crippen molar-refractivity contribution in [2.45, 2.75) is 6.92 Å². The summed E-state index contributed by atoms with van der Waals surface area (Å²) < 4.78 is 5.59. The Labute approximate surface area is 89.9 Å². The minimum Gasteiger partial charge on any atom is -0.493 e. The molecular formula is C13H15NO. The van der Waals surface area contributed by atoms with Crippen molar-refractivity contribution < 1.29 is 4.74 Å². The summed E-state index contributed by atoms with van der Waals surface area (Å²) >= 11 is 0. The van der Waals surface area contributed by atoms with Gasteiger partial charge in [0.05, 0.1) is 6.61 Å². The number of ether oxygens (including phenoxy) is 1. The summed E-state index contributed by atoms with van der Waals surface area (Å²) in [5, 5.41) is 5.54. The van der Waals surface area contributed by atoms with Gasteiger partial charge in [-0.2, -0.15) is 0 Å². The molecule has 0 atom stereocenters. The van der Waals surface area contributed by atoms with E-state index in [2.05, 4.69) is 17.4 Å². The molecule has 0 aliphatic carbocycles. The zero-order valence-corrected chi connectivity index (χ0v) is 9.08. The van der Waals surface area contributed by atoms with E-state index in [0.29, 0.717) is 6.61 Å². The standard InChI is InChI=1S/C13H15NO/c1-3-15-13-9-8-12(14-2)10-6-4-5-7-11(10)13/h4-9,14H,3H2,1-2H3. The molecule has 0 saturated carbocycles. The number of hydrogen-bond donors (Lipinski definition) is 1. The molecule has 15 heavy (non-hydrogen) atoms. The van der Waals surface area contributed by atoms with Gasteiger partial charge >= 0.3 is 0 Å². The van der Waals surface area contributed by atoms with Gasteiger partial charge in [-0.05, 0) is 19.1 Å². The number of nitrogens with one attached hydrogen (secondary N) is 1. The fraction of sp³-hybridized carbons (Fsp3) is 0.231. The molecule has 0 unspecified atom stereocenters. The smallest absolute Gasteiger partial charge is 0.127 e. The summed E-state index contributed by atoms with van der Waals surface area (Å²) in [5.41, 5.74) is 1.13. The minimum absolute atomic E-state index is 0.697. The van der Waals surface area contributed by atoms with E-state index in [1.54, 1.807) is 0 Å². The Balaban J connectivity index is 2.66. The third kappa shape index (κ3) is 1.75. The van der Waals surface area contributed by atoms with Gasteiger partial charge in [0, 0.05) is 23.5 Å². The maximum absolute atomic E-state index is 5.59. The molecule has 0 aliphatic heterocycles. The minimum atomic E-state index is 0.697. The van der Waals surface area contributed by atoms with Crippen LogP contribution in [-0.4, -0.2) is 13.7 Å². The first-order valence-corrected chi connectivity index (χ1v) is 5.19. The van der Waals surface area contributed by atoms with Crippen LogP contribution < -0.4 is 10.1 Å². The van der Waals surface area contributed by atoms with E-state index in [9.17, 15) is 0 Å². The van der Waals surface area contributed by atoms with Gasteiger partial charge in [0.2, 0.25) is 0 Å². The van der Waals surface area contributed by atoms with Crippen molar-refractivity contribution in [3.05, 3.63) is 36.4 Å². The second kappa shape index (κ2) is 4.22. The highest BCUT2D eigenvalue weighted by Gasteiger charge is 2.04. The summed E-state index contributed by atoms with van der Waals surface area (Å²) in [6.45, 7) is 2.70. The summed E-state index contributed by atoms with van der Waals surface area (Å²) in [4.78, 5) is 0. The van der Waals surface area contributed by atoms with E-state index >= 15 is 0 Å². The number of anilines is 1. The normalized spacial score (nSPS) is 10.3. The molecular weight excluding hydrogens is 186 g/mol. The molecule has 1 N–H and O–H groups in total. The highest BCUT2D eigenvalue weighted by molar-refractivity contribution is 5.97. The number of hydrogen-bond acceptors (Lipinski definition) is 2. The van der Waals surface area contributed by atoms with Gasteiger partial charge in [-0.3, -0.25) is 0 Å². The Morgan fingerprint density at radius 3 is 2.47 bits per heavy atom. The lowest BCUT2D eigenvalue weighted by Crippen LogP contribution is -1.95. The molecule has 0 radical (unpaired) electrons. The zero-order chi connectivity index (χ0) is 10.7. The number of benzene rings is 2. The maximum Gasteiger partial charge on any atom is 0.127 e. The van der Waals surface area contributed by atoms with E-state index in [-0.39, 0.29) is 0 Å². The van der Waals surface area contributed by atoms with Gasteiger partial charge < -0.3 is 10.1 Å². The van der Waals surface area contributed by atoms with Crippen molar-refractivity contribution >= 4 is 16.5 Å². The number of fused-ring (bicyclic) bond motifs is 1. The van der Waals surface area contributed by atoms with Gasteiger partial charge in [0.15, 0.2) is 0 Å². The molecule has 2 nitrogen and oxygen atoms in total. The molecule has 78 valence electrons. The largest absolute Gasteiger partial charge is 0.493 e. The molecule has 0 aromatic heterocycles. The first kappa shape index (κ1) is 9.84. The second-order valence-corrected chi connectivity index (χ2v) is 3.34. The monoisotopic (exact) mass is 201 g/mol. The average molecular weight is 201 g/mol. The highest BCUT2D eigenvalue weighted by atomic mass is 16.5. The lowest BCUT2D eigenvalue weighted by atomic mass is 10.1. The molecule has 0 spiro atoms. The molecule has 2 aromatic carbocycles. The van der Waals surface area contributed by atoms with E-state index < -0.39 is 0 Å². The van der Waals surface area contributed by atoms with Gasteiger partial charge in [-0.25, -0.2) is 0 Å². The lowest BCUT2D eigenvalue weighted by Gasteiger charge is -2.10. The topological polar surface area (TPSA) is 21.3 Å². The predicted octanol–water partition coefficient (Wildman–Crippen LogP) is 3.28. The highest BCUT2D eigenvalue weighted by Crippen LogP contribution is 2.31. The second-order valence-electron chi connectivity index (χ2n) is 3.34. The third-order valence-corrected chi connectivity index (χ3v) is 2.45. The molecule has 2 rings (SSSR count). The Morgan fingerprint density at radius 2 is 1.80 bits per heavy atom. The van der Waals surface area contributed by atoms with Gasteiger partial charge in [0.1, 0.15) is 5.75 Å². The van der Waals surface area contributed by atoms with Crippen molar-refractivity contribution in [2.75, 3.05) is 19.0 Å². The molecule has 0 saturated heterocycles. The average Bonchev–Trinajstić information content (AvgIpc) is 2.30. The maximum atomic E-state index is 5.59. The lowest BCUT2D eigenvalue weighted by molar-refractivity contribution is 0.344. The number of rotatable bonds is 3. The summed E-state index contributed by atoms with van der Waals surface area (Å²) in [6, 6.07) is 12.3. The fourth-order valence-electron chi connectivity index (χ4n) is 1.77. The Hall–Kier alpha value is -1.70. The quantitative estimate of drug-likeness (QED) is 0.822. The van der Waals surface area contributed by atoms with Gasteiger partial charge in [-0.1, -0.05) is 24.3 Å². The van der Waals surface area contributed by atoms with Crippen LogP contribution >= 0.6 is 0 Å². The fourth-order valence-corrected chi connectivity index (χ4v) is 1.77. The van der Waals surface area contributed by atoms with Crippen molar-refractivity contribution in [3.63, 3.8) is 0 Å². The van der Waals surface area contributed by atoms with Crippen LogP contribution in [0.4, 0.5) is 5.69 Å². The van der Waals surface area contributed by atoms with Crippen LogP contribution in [0.15, 0.2) is 36.4 Å². The molecule has 0 heterocycles. The van der Waals surface area contributed by atoms with Crippen LogP contribution in [0.2, 0.25) is 0 Å². The van der Waals surface area contributed by atoms with E-state index in [1.165, 1.54) is 5.39 Å². The summed E-state index contributed by atoms with van der Waals surface area (Å²) in [6.07, 6.45) is 0. The van der Waals surface area contributed by atoms with Crippen molar-refractivity contribution in [2.24, 2.45) is 0 Å². The van der Waals surface area contributed by atoms with Crippen LogP contribution in [0.1, 0.15) is 6.92 Å². The van der Waals surface area contributed by atoms with E-state index in [0.717, 1.165) is 16.8 Å². The van der Waals surface area contributed by atoms with Crippen LogP contribution in [0.5, 0.6) is 5.75 Å². The SMILES string of the molecule is CCOc1ccc(NC)c2ccccc12. The van der Waals surface area contributed by atoms with Gasteiger partial charge in [0.25, 0.3) is 0 Å². The molecule has 0 fully saturated rings. The Bertz CT molecular complexity index is 465. The first-order valence-electron chi connectivity index (χ1n) is 5.19. The van der Waals surface area contributed by atoms with Crippen molar-refractivity contribution in [3.8, 4) is 5.75 Å². The van der Waals surface area contributed by atoms with Crippen LogP contribution in [0, 0.1) is 0 Å². The predicted molar refractivity (Wildman–Crippen MR) is 64.7 cm³/mol. The molecule has 2 aromatic rings. The van der Waals surface area contributed by atoms with Crippen LogP contribution in [0.3, 0.4) is 0 Å². The molecule has 0 aliphatic rings. The Morgan fingerprint density at radius 1 is 1.07 bits per heavy atom. The van der Waals surface area contributed by atoms with Gasteiger partial charge in [-0.15, -0.1) is 0 Å². The van der Waals surface area contributed by atoms with Crippen molar-refractivity contribution in [1.29, 1.82) is 0 Å². The molecule has 0 bridgehead atoms. The van der Waals surface area contributed by atoms with E-state index in [1.807, 2.05) is 38.2 Å². The molecule has 0 amide bonds. The van der Waals surface area contributed by atoms with Crippen LogP contribution in [0.25, 0.3) is 10.8 Å². The zero-order valence-electron chi connectivity index (χ0n) is 9.08. The first-order chi connectivity index (χ1) is 7.36. The summed E-state index contributed by atoms with van der Waals surface area (Å²) in [5.74, 6) is 0.951. The van der Waals surface area contributed by atoms with Crippen molar-refractivity contribution in [1.82, 2.24) is 0 Å². The molecule has 2 heteroatoms.